The van der Waals surface area contributed by atoms with Gasteiger partial charge in [-0.1, -0.05) is 12.1 Å². The number of carbonyl (C=O) groups excluding carboxylic acids is 2. The minimum atomic E-state index is -0.374. The maximum absolute atomic E-state index is 12.3. The third-order valence-electron chi connectivity index (χ3n) is 6.04. The van der Waals surface area contributed by atoms with Gasteiger partial charge in [0.15, 0.2) is 0 Å². The van der Waals surface area contributed by atoms with Crippen LogP contribution in [0.15, 0.2) is 48.5 Å². The van der Waals surface area contributed by atoms with Crippen LogP contribution >= 0.6 is 11.5 Å². The summed E-state index contributed by atoms with van der Waals surface area (Å²) in [6.45, 7) is 4.47. The molecule has 0 atom stereocenters. The fourth-order valence-electron chi connectivity index (χ4n) is 4.05. The number of nitrogens with one attached hydrogen (secondary N) is 2. The van der Waals surface area contributed by atoms with Gasteiger partial charge in [-0.15, -0.1) is 0 Å². The topological polar surface area (TPSA) is 106 Å². The van der Waals surface area contributed by atoms with Crippen LogP contribution in [0.25, 0.3) is 0 Å². The van der Waals surface area contributed by atoms with Gasteiger partial charge in [-0.25, -0.2) is 14.6 Å². The fraction of sp³-hybridized carbons (Fsp3) is 0.385. The molecule has 0 spiro atoms. The Kier molecular flexibility index (Phi) is 8.72. The van der Waals surface area contributed by atoms with E-state index in [1.54, 1.807) is 38.3 Å². The molecule has 0 radical (unpaired) electrons. The van der Waals surface area contributed by atoms with Crippen molar-refractivity contribution in [1.82, 2.24) is 14.7 Å². The Hall–Kier alpha value is -3.66. The summed E-state index contributed by atoms with van der Waals surface area (Å²) in [6.07, 6.45) is 2.62. The first kappa shape index (κ1) is 25.4. The number of methoxy groups -OCH3 is 1. The second-order valence-electron chi connectivity index (χ2n) is 8.58. The van der Waals surface area contributed by atoms with Gasteiger partial charge in [-0.2, -0.15) is 4.37 Å². The molecule has 4 rings (SSSR count). The molecule has 2 heterocycles. The summed E-state index contributed by atoms with van der Waals surface area (Å²) in [5, 5.41) is 6.71. The monoisotopic (exact) mass is 509 g/mol. The lowest BCUT2D eigenvalue weighted by atomic mass is 9.97. The number of esters is 1. The van der Waals surface area contributed by atoms with Crippen LogP contribution in [0, 0.1) is 5.92 Å². The molecule has 1 aliphatic rings. The number of aromatic nitrogens is 2. The van der Waals surface area contributed by atoms with E-state index in [9.17, 15) is 9.59 Å². The molecule has 190 valence electrons. The standard InChI is InChI=1S/C26H31N5O4S/c1-3-35-24(32)20-7-9-21(10-8-20)28-25(33)27-17-18-11-13-31(14-12-18)26-29-23(30-36-26)16-19-5-4-6-22(15-19)34-2/h4-10,15,18H,3,11-14,16-17H2,1-2H3,(H2,27,28,33). The first-order valence-corrected chi connectivity index (χ1v) is 12.8. The lowest BCUT2D eigenvalue weighted by molar-refractivity contribution is 0.0526. The van der Waals surface area contributed by atoms with E-state index in [0.29, 0.717) is 36.7 Å². The number of benzene rings is 2. The van der Waals surface area contributed by atoms with Crippen molar-refractivity contribution in [1.29, 1.82) is 0 Å². The first-order chi connectivity index (χ1) is 17.5. The van der Waals surface area contributed by atoms with E-state index < -0.39 is 0 Å². The van der Waals surface area contributed by atoms with Crippen molar-refractivity contribution in [2.75, 3.05) is 43.6 Å². The summed E-state index contributed by atoms with van der Waals surface area (Å²) in [5.74, 6) is 1.68. The maximum atomic E-state index is 12.3. The Bertz CT molecular complexity index is 1160. The van der Waals surface area contributed by atoms with Crippen molar-refractivity contribution in [3.63, 3.8) is 0 Å². The van der Waals surface area contributed by atoms with Crippen molar-refractivity contribution >= 4 is 34.4 Å². The molecule has 0 bridgehead atoms. The van der Waals surface area contributed by atoms with Crippen molar-refractivity contribution in [3.8, 4) is 5.75 Å². The Labute approximate surface area is 215 Å². The molecule has 3 aromatic rings. The van der Waals surface area contributed by atoms with Gasteiger partial charge in [0.05, 0.1) is 19.3 Å². The zero-order valence-corrected chi connectivity index (χ0v) is 21.3. The number of carbonyl (C=O) groups is 2. The lowest BCUT2D eigenvalue weighted by Gasteiger charge is -2.31. The smallest absolute Gasteiger partial charge is 0.338 e. The highest BCUT2D eigenvalue weighted by atomic mass is 32.1. The summed E-state index contributed by atoms with van der Waals surface area (Å²) in [5.41, 5.74) is 2.20. The number of urea groups is 1. The molecular formula is C26H31N5O4S. The van der Waals surface area contributed by atoms with Crippen LogP contribution in [-0.4, -0.2) is 54.7 Å². The molecule has 2 N–H and O–H groups in total. The minimum absolute atomic E-state index is 0.257. The number of piperidine rings is 1. The molecule has 1 aromatic heterocycles. The van der Waals surface area contributed by atoms with Crippen molar-refractivity contribution < 1.29 is 19.1 Å². The molecule has 0 unspecified atom stereocenters. The quantitative estimate of drug-likeness (QED) is 0.413. The molecular weight excluding hydrogens is 478 g/mol. The van der Waals surface area contributed by atoms with E-state index in [2.05, 4.69) is 26.0 Å². The van der Waals surface area contributed by atoms with Crippen LogP contribution in [0.2, 0.25) is 0 Å². The number of rotatable bonds is 9. The third kappa shape index (κ3) is 6.94. The van der Waals surface area contributed by atoms with Gasteiger partial charge in [-0.05, 0) is 67.6 Å². The number of hydrogen-bond donors (Lipinski definition) is 2. The lowest BCUT2D eigenvalue weighted by Crippen LogP contribution is -2.39. The normalized spacial score (nSPS) is 13.8. The van der Waals surface area contributed by atoms with E-state index >= 15 is 0 Å². The van der Waals surface area contributed by atoms with Crippen molar-refractivity contribution in [3.05, 3.63) is 65.5 Å². The number of ether oxygens (including phenoxy) is 2. The SMILES string of the molecule is CCOC(=O)c1ccc(NC(=O)NCC2CCN(c3nc(Cc4cccc(OC)c4)ns3)CC2)cc1. The average molecular weight is 510 g/mol. The van der Waals surface area contributed by atoms with E-state index in [4.69, 9.17) is 14.5 Å². The maximum Gasteiger partial charge on any atom is 0.338 e. The Morgan fingerprint density at radius 1 is 1.14 bits per heavy atom. The highest BCUT2D eigenvalue weighted by Gasteiger charge is 2.22. The molecule has 9 nitrogen and oxygen atoms in total. The highest BCUT2D eigenvalue weighted by Crippen LogP contribution is 2.25. The largest absolute Gasteiger partial charge is 0.497 e. The summed E-state index contributed by atoms with van der Waals surface area (Å²) in [7, 11) is 1.66. The molecule has 0 saturated carbocycles. The highest BCUT2D eigenvalue weighted by molar-refractivity contribution is 7.09. The Balaban J connectivity index is 1.19. The third-order valence-corrected chi connectivity index (χ3v) is 6.86. The molecule has 2 aromatic carbocycles. The van der Waals surface area contributed by atoms with Gasteiger partial charge in [0, 0.05) is 43.3 Å². The fourth-order valence-corrected chi connectivity index (χ4v) is 4.79. The Morgan fingerprint density at radius 3 is 2.64 bits per heavy atom. The van der Waals surface area contributed by atoms with Crippen LogP contribution in [0.5, 0.6) is 5.75 Å². The summed E-state index contributed by atoms with van der Waals surface area (Å²) < 4.78 is 14.8. The van der Waals surface area contributed by atoms with Crippen molar-refractivity contribution in [2.24, 2.45) is 5.92 Å². The average Bonchev–Trinajstić information content (AvgIpc) is 3.37. The predicted octanol–water partition coefficient (Wildman–Crippen LogP) is 4.35. The summed E-state index contributed by atoms with van der Waals surface area (Å²) in [6, 6.07) is 14.4. The van der Waals surface area contributed by atoms with Crippen LogP contribution in [-0.2, 0) is 11.2 Å². The molecule has 10 heteroatoms. The van der Waals surface area contributed by atoms with Crippen molar-refractivity contribution in [2.45, 2.75) is 26.2 Å². The van der Waals surface area contributed by atoms with Crippen LogP contribution in [0.4, 0.5) is 15.6 Å². The second-order valence-corrected chi connectivity index (χ2v) is 9.32. The zero-order chi connectivity index (χ0) is 25.3. The van der Waals surface area contributed by atoms with Gasteiger partial charge >= 0.3 is 12.0 Å². The first-order valence-electron chi connectivity index (χ1n) is 12.1. The van der Waals surface area contributed by atoms with Gasteiger partial charge in [-0.3, -0.25) is 0 Å². The molecule has 1 saturated heterocycles. The Morgan fingerprint density at radius 2 is 1.92 bits per heavy atom. The van der Waals surface area contributed by atoms with Crippen LogP contribution < -0.4 is 20.3 Å². The number of anilines is 2. The van der Waals surface area contributed by atoms with E-state index in [-0.39, 0.29) is 12.0 Å². The van der Waals surface area contributed by atoms with Gasteiger partial charge in [0.25, 0.3) is 0 Å². The number of hydrogen-bond acceptors (Lipinski definition) is 8. The van der Waals surface area contributed by atoms with Gasteiger partial charge in [0.1, 0.15) is 11.6 Å². The van der Waals surface area contributed by atoms with E-state index in [1.807, 2.05) is 18.2 Å². The number of nitrogens with zero attached hydrogens (tertiary/aromatic N) is 3. The molecule has 0 aliphatic carbocycles. The number of amides is 2. The molecule has 2 amide bonds. The van der Waals surface area contributed by atoms with Crippen LogP contribution in [0.1, 0.15) is 41.5 Å². The van der Waals surface area contributed by atoms with Gasteiger partial charge < -0.3 is 25.0 Å². The van der Waals surface area contributed by atoms with E-state index in [0.717, 1.165) is 48.2 Å². The summed E-state index contributed by atoms with van der Waals surface area (Å²) >= 11 is 1.44. The zero-order valence-electron chi connectivity index (χ0n) is 20.5. The second kappa shape index (κ2) is 12.3. The van der Waals surface area contributed by atoms with Crippen LogP contribution in [0.3, 0.4) is 0 Å². The predicted molar refractivity (Wildman–Crippen MR) is 140 cm³/mol. The van der Waals surface area contributed by atoms with Gasteiger partial charge in [0.2, 0.25) is 5.13 Å². The summed E-state index contributed by atoms with van der Waals surface area (Å²) in [4.78, 5) is 31.1. The van der Waals surface area contributed by atoms with E-state index in [1.165, 1.54) is 11.5 Å². The molecule has 1 aliphatic heterocycles. The molecule has 1 fully saturated rings. The molecule has 36 heavy (non-hydrogen) atoms. The minimum Gasteiger partial charge on any atom is -0.497 e.